The molecule has 2 aromatic rings. The van der Waals surface area contributed by atoms with Crippen LogP contribution in [0.25, 0.3) is 0 Å². The summed E-state index contributed by atoms with van der Waals surface area (Å²) in [5.41, 5.74) is 2.02. The van der Waals surface area contributed by atoms with Crippen LogP contribution in [0.1, 0.15) is 15.9 Å². The summed E-state index contributed by atoms with van der Waals surface area (Å²) < 4.78 is 0. The number of carbonyl (C=O) groups excluding carboxylic acids is 1. The van der Waals surface area contributed by atoms with Gasteiger partial charge in [-0.15, -0.1) is 0 Å². The van der Waals surface area contributed by atoms with E-state index >= 15 is 0 Å². The zero-order valence-electron chi connectivity index (χ0n) is 9.71. The van der Waals surface area contributed by atoms with Gasteiger partial charge in [0.05, 0.1) is 15.6 Å². The minimum atomic E-state index is -0.306. The molecule has 0 saturated carbocycles. The van der Waals surface area contributed by atoms with Crippen molar-refractivity contribution in [1.82, 2.24) is 0 Å². The summed E-state index contributed by atoms with van der Waals surface area (Å²) in [5.74, 6) is -0.306. The molecule has 2 nitrogen and oxygen atoms in total. The molecule has 0 aromatic heterocycles. The Balaban J connectivity index is 2.31. The Morgan fingerprint density at radius 2 is 1.61 bits per heavy atom. The van der Waals surface area contributed by atoms with Gasteiger partial charge in [0.15, 0.2) is 0 Å². The minimum absolute atomic E-state index is 0.295. The van der Waals surface area contributed by atoms with Crippen LogP contribution in [-0.4, -0.2) is 5.91 Å². The fourth-order valence-electron chi connectivity index (χ4n) is 1.61. The first-order valence-electron chi connectivity index (χ1n) is 5.40. The average molecular weight is 280 g/mol. The number of halogens is 2. The molecule has 0 aliphatic rings. The molecule has 0 unspecified atom stereocenters. The van der Waals surface area contributed by atoms with Crippen molar-refractivity contribution in [2.24, 2.45) is 0 Å². The van der Waals surface area contributed by atoms with Gasteiger partial charge in [-0.2, -0.15) is 0 Å². The third-order valence-corrected chi connectivity index (χ3v) is 3.21. The number of anilines is 1. The maximum absolute atomic E-state index is 12.1. The lowest BCUT2D eigenvalue weighted by molar-refractivity contribution is 0.102. The second-order valence-electron chi connectivity index (χ2n) is 3.87. The topological polar surface area (TPSA) is 29.1 Å². The summed E-state index contributed by atoms with van der Waals surface area (Å²) in [6.07, 6.45) is 0. The van der Waals surface area contributed by atoms with Crippen LogP contribution in [0.3, 0.4) is 0 Å². The molecule has 1 amide bonds. The van der Waals surface area contributed by atoms with Crippen LogP contribution < -0.4 is 5.32 Å². The van der Waals surface area contributed by atoms with Crippen LogP contribution in [0.5, 0.6) is 0 Å². The molecule has 0 atom stereocenters. The highest BCUT2D eigenvalue weighted by atomic mass is 35.5. The van der Waals surface area contributed by atoms with E-state index in [0.717, 1.165) is 11.3 Å². The summed E-state index contributed by atoms with van der Waals surface area (Å²) >= 11 is 12.0. The largest absolute Gasteiger partial charge is 0.322 e. The molecule has 0 spiro atoms. The van der Waals surface area contributed by atoms with E-state index in [1.165, 1.54) is 0 Å². The van der Waals surface area contributed by atoms with Gasteiger partial charge in [0.25, 0.3) is 5.91 Å². The van der Waals surface area contributed by atoms with E-state index in [4.69, 9.17) is 23.2 Å². The number of hydrogen-bond acceptors (Lipinski definition) is 1. The molecular formula is C14H11Cl2NO. The molecule has 18 heavy (non-hydrogen) atoms. The molecule has 2 rings (SSSR count). The summed E-state index contributed by atoms with van der Waals surface area (Å²) in [7, 11) is 0. The fraction of sp³-hybridized carbons (Fsp3) is 0.0714. The van der Waals surface area contributed by atoms with Crippen LogP contribution in [0.15, 0.2) is 42.5 Å². The summed E-state index contributed by atoms with van der Waals surface area (Å²) in [6, 6.07) is 12.5. The maximum atomic E-state index is 12.1. The van der Waals surface area contributed by atoms with E-state index < -0.39 is 0 Å². The van der Waals surface area contributed by atoms with Crippen molar-refractivity contribution in [1.29, 1.82) is 0 Å². The molecule has 0 heterocycles. The Morgan fingerprint density at radius 1 is 1.00 bits per heavy atom. The van der Waals surface area contributed by atoms with Crippen LogP contribution >= 0.6 is 23.2 Å². The molecule has 1 N–H and O–H groups in total. The van der Waals surface area contributed by atoms with Gasteiger partial charge in [0.1, 0.15) is 0 Å². The second-order valence-corrected chi connectivity index (χ2v) is 4.68. The summed E-state index contributed by atoms with van der Waals surface area (Å²) in [6.45, 7) is 1.92. The Bertz CT molecular complexity index is 576. The first-order valence-corrected chi connectivity index (χ1v) is 6.16. The fourth-order valence-corrected chi connectivity index (χ4v) is 2.18. The summed E-state index contributed by atoms with van der Waals surface area (Å²) in [4.78, 5) is 12.1. The van der Waals surface area contributed by atoms with Gasteiger partial charge in [0.2, 0.25) is 0 Å². The molecule has 0 aliphatic carbocycles. The monoisotopic (exact) mass is 279 g/mol. The molecule has 0 bridgehead atoms. The normalized spacial score (nSPS) is 10.2. The van der Waals surface area contributed by atoms with E-state index in [9.17, 15) is 4.79 Å². The number of amides is 1. The van der Waals surface area contributed by atoms with Gasteiger partial charge >= 0.3 is 0 Å². The lowest BCUT2D eigenvalue weighted by atomic mass is 10.1. The smallest absolute Gasteiger partial charge is 0.258 e. The van der Waals surface area contributed by atoms with Gasteiger partial charge in [0, 0.05) is 5.69 Å². The highest BCUT2D eigenvalue weighted by Crippen LogP contribution is 2.25. The molecule has 0 saturated heterocycles. The third-order valence-electron chi connectivity index (χ3n) is 2.58. The van der Waals surface area contributed by atoms with Crippen LogP contribution in [0, 0.1) is 6.92 Å². The number of aryl methyl sites for hydroxylation is 1. The van der Waals surface area contributed by atoms with Crippen molar-refractivity contribution < 1.29 is 4.79 Å². The lowest BCUT2D eigenvalue weighted by Gasteiger charge is -2.10. The number of hydrogen-bond donors (Lipinski definition) is 1. The lowest BCUT2D eigenvalue weighted by Crippen LogP contribution is -2.13. The van der Waals surface area contributed by atoms with Crippen molar-refractivity contribution in [2.75, 3.05) is 5.32 Å². The van der Waals surface area contributed by atoms with Gasteiger partial charge in [-0.1, -0.05) is 47.5 Å². The second kappa shape index (κ2) is 5.42. The quantitative estimate of drug-likeness (QED) is 0.858. The third kappa shape index (κ3) is 2.66. The summed E-state index contributed by atoms with van der Waals surface area (Å²) in [5, 5.41) is 3.48. The van der Waals surface area contributed by atoms with Crippen LogP contribution in [0.2, 0.25) is 10.0 Å². The predicted octanol–water partition coefficient (Wildman–Crippen LogP) is 4.55. The molecule has 2 aromatic carbocycles. The molecule has 92 valence electrons. The number of benzene rings is 2. The van der Waals surface area contributed by atoms with Gasteiger partial charge in [-0.3, -0.25) is 4.79 Å². The van der Waals surface area contributed by atoms with E-state index in [2.05, 4.69) is 5.32 Å². The Labute approximate surface area is 116 Å². The van der Waals surface area contributed by atoms with Gasteiger partial charge in [-0.25, -0.2) is 0 Å². The SMILES string of the molecule is Cc1ccccc1NC(=O)c1c(Cl)cccc1Cl. The van der Waals surface area contributed by atoms with Gasteiger partial charge in [-0.05, 0) is 30.7 Å². The first-order chi connectivity index (χ1) is 8.59. The van der Waals surface area contributed by atoms with E-state index in [-0.39, 0.29) is 5.91 Å². The number of nitrogens with one attached hydrogen (secondary N) is 1. The van der Waals surface area contributed by atoms with Crippen LogP contribution in [-0.2, 0) is 0 Å². The van der Waals surface area contributed by atoms with Crippen molar-refractivity contribution >= 4 is 34.8 Å². The highest BCUT2D eigenvalue weighted by Gasteiger charge is 2.14. The molecule has 0 radical (unpaired) electrons. The van der Waals surface area contributed by atoms with Crippen molar-refractivity contribution in [3.8, 4) is 0 Å². The molecular weight excluding hydrogens is 269 g/mol. The van der Waals surface area contributed by atoms with Crippen molar-refractivity contribution in [2.45, 2.75) is 6.92 Å². The average Bonchev–Trinajstić information content (AvgIpc) is 2.32. The maximum Gasteiger partial charge on any atom is 0.258 e. The number of rotatable bonds is 2. The standard InChI is InChI=1S/C14H11Cl2NO/c1-9-5-2-3-8-12(9)17-14(18)13-10(15)6-4-7-11(13)16/h2-8H,1H3,(H,17,18). The van der Waals surface area contributed by atoms with Gasteiger partial charge < -0.3 is 5.32 Å². The highest BCUT2D eigenvalue weighted by molar-refractivity contribution is 6.40. The Morgan fingerprint density at radius 3 is 2.22 bits per heavy atom. The Hall–Kier alpha value is -1.51. The van der Waals surface area contributed by atoms with E-state index in [1.54, 1.807) is 18.2 Å². The minimum Gasteiger partial charge on any atom is -0.322 e. The van der Waals surface area contributed by atoms with E-state index in [1.807, 2.05) is 31.2 Å². The van der Waals surface area contributed by atoms with Crippen molar-refractivity contribution in [3.05, 3.63) is 63.6 Å². The zero-order chi connectivity index (χ0) is 13.1. The zero-order valence-corrected chi connectivity index (χ0v) is 11.2. The molecule has 0 aliphatic heterocycles. The first kappa shape index (κ1) is 12.9. The van der Waals surface area contributed by atoms with E-state index in [0.29, 0.717) is 15.6 Å². The predicted molar refractivity (Wildman–Crippen MR) is 75.6 cm³/mol. The Kier molecular flexibility index (Phi) is 3.90. The molecule has 4 heteroatoms. The van der Waals surface area contributed by atoms with Crippen molar-refractivity contribution in [3.63, 3.8) is 0 Å². The number of carbonyl (C=O) groups is 1. The van der Waals surface area contributed by atoms with Crippen LogP contribution in [0.4, 0.5) is 5.69 Å². The number of para-hydroxylation sites is 1. The molecule has 0 fully saturated rings.